The molecule has 1 amide bonds. The molecule has 162 valence electrons. The Hall–Kier alpha value is -2.38. The highest BCUT2D eigenvalue weighted by Crippen LogP contribution is 2.30. The van der Waals surface area contributed by atoms with Crippen LogP contribution in [-0.2, 0) is 20.8 Å². The molecule has 2 aliphatic heterocycles. The molecule has 7 nitrogen and oxygen atoms in total. The van der Waals surface area contributed by atoms with E-state index in [0.29, 0.717) is 13.1 Å². The molecule has 1 aromatic carbocycles. The van der Waals surface area contributed by atoms with E-state index in [4.69, 9.17) is 19.2 Å². The average Bonchev–Trinajstić information content (AvgIpc) is 3.47. The van der Waals surface area contributed by atoms with Crippen LogP contribution in [0.15, 0.2) is 24.3 Å². The summed E-state index contributed by atoms with van der Waals surface area (Å²) in [5.41, 5.74) is 1.98. The van der Waals surface area contributed by atoms with E-state index in [-0.39, 0.29) is 18.6 Å². The first-order chi connectivity index (χ1) is 14.7. The summed E-state index contributed by atoms with van der Waals surface area (Å²) in [6.07, 6.45) is 4.47. The highest BCUT2D eigenvalue weighted by atomic mass is 16.5. The van der Waals surface area contributed by atoms with Crippen LogP contribution in [0.3, 0.4) is 0 Å². The molecule has 0 aliphatic carbocycles. The number of ether oxygens (including phenoxy) is 3. The Morgan fingerprint density at radius 3 is 2.77 bits per heavy atom. The topological polar surface area (TPSA) is 64.1 Å². The molecule has 3 heterocycles. The molecule has 0 radical (unpaired) electrons. The van der Waals surface area contributed by atoms with E-state index in [1.165, 1.54) is 12.8 Å². The molecule has 1 aromatic heterocycles. The Morgan fingerprint density at radius 1 is 1.23 bits per heavy atom. The predicted octanol–water partition coefficient (Wildman–Crippen LogP) is 3.00. The highest BCUT2D eigenvalue weighted by Gasteiger charge is 2.25. The molecule has 4 rings (SSSR count). The summed E-state index contributed by atoms with van der Waals surface area (Å²) in [7, 11) is 3.23. The number of carbonyl (C=O) groups is 1. The van der Waals surface area contributed by atoms with Gasteiger partial charge < -0.3 is 24.0 Å². The summed E-state index contributed by atoms with van der Waals surface area (Å²) < 4.78 is 16.3. The second-order valence-electron chi connectivity index (χ2n) is 8.07. The van der Waals surface area contributed by atoms with Crippen molar-refractivity contribution < 1.29 is 19.0 Å². The molecule has 0 bridgehead atoms. The monoisotopic (exact) mass is 413 g/mol. The summed E-state index contributed by atoms with van der Waals surface area (Å²) in [6.45, 7) is 3.92. The number of hydrogen-bond acceptors (Lipinski definition) is 6. The SMILES string of the molecule is COCC(=O)N(Cc1cc2ccc(OC)cc2nc1N1CCCC1)C[C@H]1CCCO1. The summed E-state index contributed by atoms with van der Waals surface area (Å²) in [5, 5.41) is 1.05. The van der Waals surface area contributed by atoms with Gasteiger partial charge in [-0.1, -0.05) is 0 Å². The molecule has 0 saturated carbocycles. The number of carbonyl (C=O) groups excluding carboxylic acids is 1. The zero-order chi connectivity index (χ0) is 20.9. The fourth-order valence-corrected chi connectivity index (χ4v) is 4.34. The molecular weight excluding hydrogens is 382 g/mol. The van der Waals surface area contributed by atoms with Gasteiger partial charge in [-0.2, -0.15) is 0 Å². The lowest BCUT2D eigenvalue weighted by molar-refractivity contribution is -0.137. The van der Waals surface area contributed by atoms with Crippen molar-refractivity contribution in [3.8, 4) is 5.75 Å². The lowest BCUT2D eigenvalue weighted by Crippen LogP contribution is -2.39. The van der Waals surface area contributed by atoms with Gasteiger partial charge >= 0.3 is 0 Å². The third kappa shape index (κ3) is 4.68. The smallest absolute Gasteiger partial charge is 0.248 e. The molecule has 2 saturated heterocycles. The van der Waals surface area contributed by atoms with Gasteiger partial charge in [-0.05, 0) is 43.9 Å². The first kappa shape index (κ1) is 20.9. The number of methoxy groups -OCH3 is 2. The standard InChI is InChI=1S/C23H31N3O4/c1-28-16-22(27)26(15-20-6-5-11-30-20)14-18-12-17-7-8-19(29-2)13-21(17)24-23(18)25-9-3-4-10-25/h7-8,12-13,20H,3-6,9-11,14-16H2,1-2H3/t20-/m1/s1. The molecule has 7 heteroatoms. The minimum atomic E-state index is -0.0183. The molecule has 0 N–H and O–H groups in total. The van der Waals surface area contributed by atoms with Crippen LogP contribution < -0.4 is 9.64 Å². The summed E-state index contributed by atoms with van der Waals surface area (Å²) in [4.78, 5) is 22.0. The van der Waals surface area contributed by atoms with Gasteiger partial charge in [0.05, 0.1) is 18.7 Å². The van der Waals surface area contributed by atoms with E-state index in [9.17, 15) is 4.79 Å². The van der Waals surface area contributed by atoms with E-state index in [2.05, 4.69) is 11.0 Å². The zero-order valence-corrected chi connectivity index (χ0v) is 17.9. The third-order valence-electron chi connectivity index (χ3n) is 5.92. The maximum Gasteiger partial charge on any atom is 0.248 e. The van der Waals surface area contributed by atoms with Crippen LogP contribution in [0.2, 0.25) is 0 Å². The zero-order valence-electron chi connectivity index (χ0n) is 17.9. The molecule has 2 aromatic rings. The number of hydrogen-bond donors (Lipinski definition) is 0. The Balaban J connectivity index is 1.68. The summed E-state index contributed by atoms with van der Waals surface area (Å²) in [6, 6.07) is 8.11. The first-order valence-electron chi connectivity index (χ1n) is 10.8. The fourth-order valence-electron chi connectivity index (χ4n) is 4.34. The van der Waals surface area contributed by atoms with Crippen molar-refractivity contribution in [1.82, 2.24) is 9.88 Å². The van der Waals surface area contributed by atoms with Crippen LogP contribution in [-0.4, -0.2) is 69.0 Å². The fraction of sp³-hybridized carbons (Fsp3) is 0.565. The number of aromatic nitrogens is 1. The van der Waals surface area contributed by atoms with Crippen molar-refractivity contribution in [2.24, 2.45) is 0 Å². The van der Waals surface area contributed by atoms with E-state index in [0.717, 1.165) is 60.6 Å². The van der Waals surface area contributed by atoms with Crippen molar-refractivity contribution in [1.29, 1.82) is 0 Å². The lowest BCUT2D eigenvalue weighted by Gasteiger charge is -2.28. The third-order valence-corrected chi connectivity index (χ3v) is 5.92. The molecule has 1 atom stereocenters. The largest absolute Gasteiger partial charge is 0.497 e. The van der Waals surface area contributed by atoms with Gasteiger partial charge in [0.1, 0.15) is 18.2 Å². The van der Waals surface area contributed by atoms with Crippen LogP contribution in [0, 0.1) is 0 Å². The van der Waals surface area contributed by atoms with Crippen LogP contribution in [0.4, 0.5) is 5.82 Å². The molecule has 2 fully saturated rings. The molecule has 30 heavy (non-hydrogen) atoms. The minimum Gasteiger partial charge on any atom is -0.497 e. The molecule has 0 unspecified atom stereocenters. The minimum absolute atomic E-state index is 0.0183. The predicted molar refractivity (Wildman–Crippen MR) is 116 cm³/mol. The Morgan fingerprint density at radius 2 is 2.07 bits per heavy atom. The molecular formula is C23H31N3O4. The number of pyridine rings is 1. The number of nitrogens with zero attached hydrogens (tertiary/aromatic N) is 3. The summed E-state index contributed by atoms with van der Waals surface area (Å²) in [5.74, 6) is 1.75. The van der Waals surface area contributed by atoms with Gasteiger partial charge in [0.15, 0.2) is 0 Å². The van der Waals surface area contributed by atoms with E-state index in [1.807, 2.05) is 23.1 Å². The lowest BCUT2D eigenvalue weighted by atomic mass is 10.1. The summed E-state index contributed by atoms with van der Waals surface area (Å²) >= 11 is 0. The number of benzene rings is 1. The molecule has 2 aliphatic rings. The number of fused-ring (bicyclic) bond motifs is 1. The van der Waals surface area contributed by atoms with E-state index in [1.54, 1.807) is 14.2 Å². The first-order valence-corrected chi connectivity index (χ1v) is 10.8. The quantitative estimate of drug-likeness (QED) is 0.663. The normalized spacial score (nSPS) is 18.9. The Bertz CT molecular complexity index is 876. The number of rotatable bonds is 8. The molecule has 0 spiro atoms. The van der Waals surface area contributed by atoms with Crippen molar-refractivity contribution >= 4 is 22.6 Å². The van der Waals surface area contributed by atoms with Gasteiger partial charge in [0.25, 0.3) is 0 Å². The van der Waals surface area contributed by atoms with Gasteiger partial charge in [-0.15, -0.1) is 0 Å². The maximum absolute atomic E-state index is 12.8. The number of amides is 1. The van der Waals surface area contributed by atoms with Crippen LogP contribution in [0.25, 0.3) is 10.9 Å². The maximum atomic E-state index is 12.8. The second-order valence-corrected chi connectivity index (χ2v) is 8.07. The van der Waals surface area contributed by atoms with Crippen molar-refractivity contribution in [3.63, 3.8) is 0 Å². The van der Waals surface area contributed by atoms with Crippen molar-refractivity contribution in [2.75, 3.05) is 52.0 Å². The average molecular weight is 414 g/mol. The van der Waals surface area contributed by atoms with E-state index < -0.39 is 0 Å². The second kappa shape index (κ2) is 9.62. The van der Waals surface area contributed by atoms with Crippen molar-refractivity contribution in [3.05, 3.63) is 29.8 Å². The van der Waals surface area contributed by atoms with Crippen LogP contribution in [0.1, 0.15) is 31.2 Å². The van der Waals surface area contributed by atoms with Gasteiger partial charge in [0.2, 0.25) is 5.91 Å². The van der Waals surface area contributed by atoms with Gasteiger partial charge in [-0.3, -0.25) is 4.79 Å². The van der Waals surface area contributed by atoms with Crippen LogP contribution in [0.5, 0.6) is 5.75 Å². The number of anilines is 1. The van der Waals surface area contributed by atoms with Gasteiger partial charge in [-0.25, -0.2) is 4.98 Å². The Kier molecular flexibility index (Phi) is 6.69. The van der Waals surface area contributed by atoms with Gasteiger partial charge in [0, 0.05) is 56.9 Å². The van der Waals surface area contributed by atoms with Crippen molar-refractivity contribution in [2.45, 2.75) is 38.3 Å². The van der Waals surface area contributed by atoms with Crippen LogP contribution >= 0.6 is 0 Å². The highest BCUT2D eigenvalue weighted by molar-refractivity contribution is 5.84. The van der Waals surface area contributed by atoms with E-state index >= 15 is 0 Å². The Labute approximate surface area is 177 Å².